The highest BCUT2D eigenvalue weighted by atomic mass is 32.1. The number of aromatic nitrogens is 3. The van der Waals surface area contributed by atoms with Gasteiger partial charge in [0, 0.05) is 11.8 Å². The summed E-state index contributed by atoms with van der Waals surface area (Å²) in [5.41, 5.74) is 6.12. The predicted octanol–water partition coefficient (Wildman–Crippen LogP) is 0.722. The number of hydrogen-bond acceptors (Lipinski definition) is 5. The van der Waals surface area contributed by atoms with Crippen LogP contribution in [-0.2, 0) is 0 Å². The third kappa shape index (κ3) is 3.75. The van der Waals surface area contributed by atoms with Crippen molar-refractivity contribution in [3.05, 3.63) is 36.2 Å². The van der Waals surface area contributed by atoms with E-state index in [1.54, 1.807) is 24.3 Å². The average molecular weight is 277 g/mol. The lowest BCUT2D eigenvalue weighted by molar-refractivity contribution is 0.102. The molecule has 1 heterocycles. The Balaban J connectivity index is 2.02. The molecule has 0 saturated carbocycles. The Labute approximate surface area is 114 Å². The summed E-state index contributed by atoms with van der Waals surface area (Å²) in [6.45, 7) is 0.149. The molecular formula is C11H11N5O2S. The highest BCUT2D eigenvalue weighted by molar-refractivity contribution is 7.80. The number of nitrogens with one attached hydrogen (secondary N) is 2. The van der Waals surface area contributed by atoms with Gasteiger partial charge < -0.3 is 15.8 Å². The van der Waals surface area contributed by atoms with Crippen LogP contribution in [0.3, 0.4) is 0 Å². The highest BCUT2D eigenvalue weighted by Crippen LogP contribution is 2.17. The first-order chi connectivity index (χ1) is 9.15. The Morgan fingerprint density at radius 3 is 3.05 bits per heavy atom. The fourth-order valence-electron chi connectivity index (χ4n) is 1.32. The average Bonchev–Trinajstić information content (AvgIpc) is 2.91. The second-order valence-corrected chi connectivity index (χ2v) is 4.12. The van der Waals surface area contributed by atoms with Crippen LogP contribution in [0.25, 0.3) is 0 Å². The largest absolute Gasteiger partial charge is 0.486 e. The van der Waals surface area contributed by atoms with Gasteiger partial charge in [-0.05, 0) is 12.1 Å². The standard InChI is InChI=1S/C11H11N5O2S/c12-10(19)6-18-8-3-1-2-7(4-8)14-11(17)9-5-13-16-15-9/h1-5H,6H2,(H2,12,19)(H,14,17)(H,13,15,16). The van der Waals surface area contributed by atoms with E-state index in [0.29, 0.717) is 11.4 Å². The van der Waals surface area contributed by atoms with Gasteiger partial charge in [0.05, 0.1) is 6.20 Å². The lowest BCUT2D eigenvalue weighted by atomic mass is 10.3. The molecule has 0 fully saturated rings. The van der Waals surface area contributed by atoms with Gasteiger partial charge in [-0.15, -0.1) is 0 Å². The highest BCUT2D eigenvalue weighted by Gasteiger charge is 2.09. The number of nitrogens with two attached hydrogens (primary N) is 1. The number of rotatable bonds is 5. The number of thiocarbonyl (C=S) groups is 1. The van der Waals surface area contributed by atoms with Crippen LogP contribution < -0.4 is 15.8 Å². The Morgan fingerprint density at radius 1 is 1.53 bits per heavy atom. The predicted molar refractivity (Wildman–Crippen MR) is 73.1 cm³/mol. The zero-order valence-corrected chi connectivity index (χ0v) is 10.6. The zero-order valence-electron chi connectivity index (χ0n) is 9.79. The van der Waals surface area contributed by atoms with E-state index in [-0.39, 0.29) is 23.2 Å². The summed E-state index contributed by atoms with van der Waals surface area (Å²) in [6.07, 6.45) is 1.34. The van der Waals surface area contributed by atoms with Crippen LogP contribution in [0.1, 0.15) is 10.5 Å². The van der Waals surface area contributed by atoms with Crippen molar-refractivity contribution in [2.75, 3.05) is 11.9 Å². The summed E-state index contributed by atoms with van der Waals surface area (Å²) in [6, 6.07) is 6.87. The van der Waals surface area contributed by atoms with Crippen LogP contribution in [0, 0.1) is 0 Å². The van der Waals surface area contributed by atoms with Gasteiger partial charge in [-0.2, -0.15) is 15.4 Å². The van der Waals surface area contributed by atoms with Gasteiger partial charge in [-0.1, -0.05) is 18.3 Å². The molecule has 1 amide bonds. The van der Waals surface area contributed by atoms with E-state index in [9.17, 15) is 4.79 Å². The van der Waals surface area contributed by atoms with Crippen molar-refractivity contribution in [3.8, 4) is 5.75 Å². The molecule has 0 unspecified atom stereocenters. The summed E-state index contributed by atoms with van der Waals surface area (Å²) < 4.78 is 5.33. The molecule has 0 atom stereocenters. The van der Waals surface area contributed by atoms with Crippen molar-refractivity contribution in [3.63, 3.8) is 0 Å². The summed E-state index contributed by atoms with van der Waals surface area (Å²) in [7, 11) is 0. The van der Waals surface area contributed by atoms with Gasteiger partial charge in [0.2, 0.25) is 0 Å². The Hall–Kier alpha value is -2.48. The number of hydrogen-bond donors (Lipinski definition) is 3. The number of amides is 1. The summed E-state index contributed by atoms with van der Waals surface area (Å²) in [4.78, 5) is 12.0. The minimum absolute atomic E-state index is 0.149. The van der Waals surface area contributed by atoms with Crippen molar-refractivity contribution in [1.82, 2.24) is 15.4 Å². The fourth-order valence-corrected chi connectivity index (χ4v) is 1.38. The van der Waals surface area contributed by atoms with Crippen molar-refractivity contribution in [1.29, 1.82) is 0 Å². The van der Waals surface area contributed by atoms with E-state index < -0.39 is 0 Å². The van der Waals surface area contributed by atoms with Gasteiger partial charge in [0.1, 0.15) is 17.3 Å². The number of carbonyl (C=O) groups is 1. The van der Waals surface area contributed by atoms with Crippen LogP contribution in [-0.4, -0.2) is 32.9 Å². The molecule has 2 aromatic rings. The van der Waals surface area contributed by atoms with Crippen molar-refractivity contribution in [2.24, 2.45) is 5.73 Å². The van der Waals surface area contributed by atoms with Gasteiger partial charge >= 0.3 is 0 Å². The fraction of sp³-hybridized carbons (Fsp3) is 0.0909. The lowest BCUT2D eigenvalue weighted by Gasteiger charge is -2.07. The molecule has 7 nitrogen and oxygen atoms in total. The molecule has 0 aliphatic carbocycles. The molecule has 0 radical (unpaired) electrons. The second-order valence-electron chi connectivity index (χ2n) is 3.59. The molecule has 1 aromatic heterocycles. The van der Waals surface area contributed by atoms with Crippen LogP contribution in [0.5, 0.6) is 5.75 Å². The maximum absolute atomic E-state index is 11.7. The smallest absolute Gasteiger partial charge is 0.277 e. The molecule has 4 N–H and O–H groups in total. The van der Waals surface area contributed by atoms with E-state index in [1.807, 2.05) is 0 Å². The maximum Gasteiger partial charge on any atom is 0.277 e. The maximum atomic E-state index is 11.7. The zero-order chi connectivity index (χ0) is 13.7. The molecule has 0 spiro atoms. The molecule has 1 aromatic carbocycles. The van der Waals surface area contributed by atoms with E-state index in [2.05, 4.69) is 20.7 Å². The molecule has 0 saturated heterocycles. The van der Waals surface area contributed by atoms with Crippen LogP contribution >= 0.6 is 12.2 Å². The number of ether oxygens (including phenoxy) is 1. The molecule has 98 valence electrons. The Morgan fingerprint density at radius 2 is 2.37 bits per heavy atom. The lowest BCUT2D eigenvalue weighted by Crippen LogP contribution is -2.18. The summed E-state index contributed by atoms with van der Waals surface area (Å²) in [5.74, 6) is 0.200. The third-order valence-corrected chi connectivity index (χ3v) is 2.24. The molecular weight excluding hydrogens is 266 g/mol. The third-order valence-electron chi connectivity index (χ3n) is 2.12. The minimum atomic E-state index is -0.361. The first-order valence-electron chi connectivity index (χ1n) is 5.33. The van der Waals surface area contributed by atoms with Crippen molar-refractivity contribution < 1.29 is 9.53 Å². The monoisotopic (exact) mass is 277 g/mol. The topological polar surface area (TPSA) is 106 Å². The van der Waals surface area contributed by atoms with Crippen LogP contribution in [0.4, 0.5) is 5.69 Å². The van der Waals surface area contributed by atoms with Crippen molar-refractivity contribution >= 4 is 28.8 Å². The van der Waals surface area contributed by atoms with Crippen LogP contribution in [0.2, 0.25) is 0 Å². The van der Waals surface area contributed by atoms with E-state index >= 15 is 0 Å². The number of carbonyl (C=O) groups excluding carboxylic acids is 1. The molecule has 0 aliphatic heterocycles. The molecule has 0 aliphatic rings. The van der Waals surface area contributed by atoms with E-state index in [1.165, 1.54) is 6.20 Å². The van der Waals surface area contributed by atoms with Gasteiger partial charge in [0.25, 0.3) is 5.91 Å². The SMILES string of the molecule is NC(=S)COc1cccc(NC(=O)c2cn[nH]n2)c1. The van der Waals surface area contributed by atoms with Gasteiger partial charge in [-0.25, -0.2) is 0 Å². The molecule has 2 rings (SSSR count). The van der Waals surface area contributed by atoms with Crippen LogP contribution in [0.15, 0.2) is 30.5 Å². The number of aromatic amines is 1. The quantitative estimate of drug-likeness (QED) is 0.695. The normalized spacial score (nSPS) is 9.89. The Bertz CT molecular complexity index is 585. The van der Waals surface area contributed by atoms with Crippen molar-refractivity contribution in [2.45, 2.75) is 0 Å². The number of nitrogens with zero attached hydrogens (tertiary/aromatic N) is 2. The summed E-state index contributed by atoms with van der Waals surface area (Å²) >= 11 is 4.72. The van der Waals surface area contributed by atoms with Gasteiger partial charge in [0.15, 0.2) is 5.69 Å². The molecule has 8 heteroatoms. The van der Waals surface area contributed by atoms with E-state index in [4.69, 9.17) is 22.7 Å². The minimum Gasteiger partial charge on any atom is -0.486 e. The van der Waals surface area contributed by atoms with Gasteiger partial charge in [-0.3, -0.25) is 4.79 Å². The first kappa shape index (κ1) is 13.0. The second kappa shape index (κ2) is 5.91. The van der Waals surface area contributed by atoms with E-state index in [0.717, 1.165) is 0 Å². The number of benzene rings is 1. The number of anilines is 1. The molecule has 19 heavy (non-hydrogen) atoms. The molecule has 0 bridgehead atoms. The summed E-state index contributed by atoms with van der Waals surface area (Å²) in [5, 5.41) is 12.3. The Kier molecular flexibility index (Phi) is 4.04. The number of H-pyrrole nitrogens is 1. The first-order valence-corrected chi connectivity index (χ1v) is 5.74.